The third-order valence-electron chi connectivity index (χ3n) is 4.19. The van der Waals surface area contributed by atoms with Crippen molar-refractivity contribution in [3.05, 3.63) is 75.0 Å². The average molecular weight is 431 g/mol. The number of nitrogens with zero attached hydrogens (tertiary/aromatic N) is 1. The molecule has 0 saturated heterocycles. The number of hydrogen-bond donors (Lipinski definition) is 1. The minimum Gasteiger partial charge on any atom is -0.465 e. The molecule has 1 aromatic heterocycles. The zero-order chi connectivity index (χ0) is 21.0. The van der Waals surface area contributed by atoms with Crippen LogP contribution in [0.4, 0.5) is 10.1 Å². The number of carbonyl (C=O) groups excluding carboxylic acids is 2. The monoisotopic (exact) mass is 430 g/mol. The van der Waals surface area contributed by atoms with Gasteiger partial charge in [-0.05, 0) is 38.1 Å². The summed E-state index contributed by atoms with van der Waals surface area (Å²) in [6, 6.07) is 9.70. The molecule has 0 aliphatic rings. The summed E-state index contributed by atoms with van der Waals surface area (Å²) in [5.74, 6) is -1.01. The number of carbonyl (C=O) groups is 2. The van der Waals surface area contributed by atoms with Crippen molar-refractivity contribution in [1.82, 2.24) is 4.98 Å². The fourth-order valence-electron chi connectivity index (χ4n) is 2.64. The van der Waals surface area contributed by atoms with Crippen molar-refractivity contribution < 1.29 is 18.7 Å². The van der Waals surface area contributed by atoms with E-state index in [1.54, 1.807) is 23.5 Å². The molecule has 0 bridgehead atoms. The summed E-state index contributed by atoms with van der Waals surface area (Å²) in [6.45, 7) is 3.49. The summed E-state index contributed by atoms with van der Waals surface area (Å²) < 4.78 is 18.9. The molecule has 0 aliphatic heterocycles. The lowest BCUT2D eigenvalue weighted by atomic mass is 10.1. The van der Waals surface area contributed by atoms with E-state index in [9.17, 15) is 14.0 Å². The molecule has 1 heterocycles. The van der Waals surface area contributed by atoms with Crippen molar-refractivity contribution >= 4 is 40.7 Å². The van der Waals surface area contributed by atoms with E-state index >= 15 is 0 Å². The minimum atomic E-state index is -0.672. The Morgan fingerprint density at radius 1 is 1.24 bits per heavy atom. The highest BCUT2D eigenvalue weighted by molar-refractivity contribution is 7.98. The van der Waals surface area contributed by atoms with Crippen molar-refractivity contribution in [2.24, 2.45) is 0 Å². The van der Waals surface area contributed by atoms with Crippen molar-refractivity contribution in [1.29, 1.82) is 0 Å². The molecule has 8 heteroatoms. The van der Waals surface area contributed by atoms with Crippen LogP contribution in [0.1, 0.15) is 37.0 Å². The molecule has 150 valence electrons. The summed E-state index contributed by atoms with van der Waals surface area (Å²) in [5, 5.41) is 5.71. The molecule has 0 atom stereocenters. The molecule has 29 heavy (non-hydrogen) atoms. The maximum atomic E-state index is 14.2. The first kappa shape index (κ1) is 21.0. The fraction of sp³-hybridized carbons (Fsp3) is 0.190. The van der Waals surface area contributed by atoms with Gasteiger partial charge >= 0.3 is 5.97 Å². The van der Waals surface area contributed by atoms with Crippen LogP contribution in [0.2, 0.25) is 0 Å². The number of esters is 1. The third-order valence-corrected chi connectivity index (χ3v) is 6.12. The summed E-state index contributed by atoms with van der Waals surface area (Å²) >= 11 is 3.09. The van der Waals surface area contributed by atoms with Crippen LogP contribution >= 0.6 is 23.1 Å². The summed E-state index contributed by atoms with van der Waals surface area (Å²) in [7, 11) is 1.22. The molecule has 0 radical (unpaired) electrons. The van der Waals surface area contributed by atoms with Crippen molar-refractivity contribution in [3.63, 3.8) is 0 Å². The van der Waals surface area contributed by atoms with Gasteiger partial charge in [-0.2, -0.15) is 0 Å². The Balaban J connectivity index is 1.83. The molecule has 0 fully saturated rings. The van der Waals surface area contributed by atoms with Gasteiger partial charge in [0.25, 0.3) is 5.91 Å². The second kappa shape index (κ2) is 9.19. The van der Waals surface area contributed by atoms with E-state index in [4.69, 9.17) is 0 Å². The number of aryl methyl sites for hydroxylation is 1. The smallest absolute Gasteiger partial charge is 0.338 e. The minimum absolute atomic E-state index is 0.0347. The number of nitrogens with one attached hydrogen (secondary N) is 1. The van der Waals surface area contributed by atoms with Gasteiger partial charge in [-0.1, -0.05) is 12.1 Å². The molecule has 0 aliphatic carbocycles. The molecule has 0 spiro atoms. The molecule has 5 nitrogen and oxygen atoms in total. The first-order chi connectivity index (χ1) is 13.9. The van der Waals surface area contributed by atoms with Crippen LogP contribution in [0.15, 0.2) is 46.7 Å². The van der Waals surface area contributed by atoms with Gasteiger partial charge in [-0.25, -0.2) is 14.2 Å². The lowest BCUT2D eigenvalue weighted by Crippen LogP contribution is -2.15. The Hall–Kier alpha value is -2.71. The fourth-order valence-corrected chi connectivity index (χ4v) is 4.30. The van der Waals surface area contributed by atoms with Crippen molar-refractivity contribution in [2.45, 2.75) is 24.5 Å². The van der Waals surface area contributed by atoms with Crippen molar-refractivity contribution in [2.75, 3.05) is 12.4 Å². The van der Waals surface area contributed by atoms with Gasteiger partial charge in [0.05, 0.1) is 28.9 Å². The van der Waals surface area contributed by atoms with Gasteiger partial charge in [-0.15, -0.1) is 23.1 Å². The van der Waals surface area contributed by atoms with E-state index in [2.05, 4.69) is 15.0 Å². The van der Waals surface area contributed by atoms with Crippen LogP contribution in [0.5, 0.6) is 0 Å². The Bertz CT molecular complexity index is 1070. The van der Waals surface area contributed by atoms with E-state index in [-0.39, 0.29) is 22.7 Å². The summed E-state index contributed by atoms with van der Waals surface area (Å²) in [5.41, 5.74) is 1.93. The molecular formula is C21H19FN2O3S2. The number of amides is 1. The first-order valence-corrected chi connectivity index (χ1v) is 10.6. The number of thiazole rings is 1. The largest absolute Gasteiger partial charge is 0.465 e. The Morgan fingerprint density at radius 2 is 2.00 bits per heavy atom. The zero-order valence-corrected chi connectivity index (χ0v) is 17.7. The van der Waals surface area contributed by atoms with Crippen LogP contribution < -0.4 is 5.32 Å². The maximum absolute atomic E-state index is 14.2. The molecule has 3 aromatic rings. The highest BCUT2D eigenvalue weighted by Gasteiger charge is 2.17. The average Bonchev–Trinajstić information content (AvgIpc) is 3.14. The number of halogens is 1. The first-order valence-electron chi connectivity index (χ1n) is 8.71. The SMILES string of the molecule is COC(=O)c1cc(F)c(C)c(NC(=O)c2ccccc2SCc2csc(C)n2)c1. The normalized spacial score (nSPS) is 10.6. The Labute approximate surface area is 176 Å². The maximum Gasteiger partial charge on any atom is 0.338 e. The molecule has 0 unspecified atom stereocenters. The Morgan fingerprint density at radius 3 is 2.69 bits per heavy atom. The number of aromatic nitrogens is 1. The van der Waals surface area contributed by atoms with Gasteiger partial charge in [0.15, 0.2) is 0 Å². The third kappa shape index (κ3) is 5.02. The number of rotatable bonds is 6. The number of anilines is 1. The molecule has 2 aromatic carbocycles. The van der Waals surface area contributed by atoms with Gasteiger partial charge in [0, 0.05) is 27.3 Å². The van der Waals surface area contributed by atoms with Gasteiger partial charge < -0.3 is 10.1 Å². The highest BCUT2D eigenvalue weighted by Crippen LogP contribution is 2.28. The highest BCUT2D eigenvalue weighted by atomic mass is 32.2. The lowest BCUT2D eigenvalue weighted by molar-refractivity contribution is 0.0600. The predicted molar refractivity (Wildman–Crippen MR) is 113 cm³/mol. The number of ether oxygens (including phenoxy) is 1. The second-order valence-corrected chi connectivity index (χ2v) is 8.30. The van der Waals surface area contributed by atoms with E-state index in [1.165, 1.54) is 31.9 Å². The van der Waals surface area contributed by atoms with Crippen molar-refractivity contribution in [3.8, 4) is 0 Å². The van der Waals surface area contributed by atoms with E-state index < -0.39 is 11.8 Å². The lowest BCUT2D eigenvalue weighted by Gasteiger charge is -2.13. The number of methoxy groups -OCH3 is 1. The van der Waals surface area contributed by atoms with E-state index in [0.29, 0.717) is 11.3 Å². The molecule has 1 amide bonds. The topological polar surface area (TPSA) is 68.3 Å². The van der Waals surface area contributed by atoms with Crippen LogP contribution in [0, 0.1) is 19.7 Å². The van der Waals surface area contributed by atoms with E-state index in [0.717, 1.165) is 21.7 Å². The van der Waals surface area contributed by atoms with Gasteiger partial charge in [0.2, 0.25) is 0 Å². The van der Waals surface area contributed by atoms with Gasteiger partial charge in [-0.3, -0.25) is 4.79 Å². The number of hydrogen-bond acceptors (Lipinski definition) is 6. The summed E-state index contributed by atoms with van der Waals surface area (Å²) in [4.78, 5) is 29.9. The Kier molecular flexibility index (Phi) is 6.66. The van der Waals surface area contributed by atoms with E-state index in [1.807, 2.05) is 24.4 Å². The molecule has 0 saturated carbocycles. The predicted octanol–water partition coefficient (Wildman–Crippen LogP) is 5.23. The van der Waals surface area contributed by atoms with Crippen LogP contribution in [-0.4, -0.2) is 24.0 Å². The van der Waals surface area contributed by atoms with Crippen LogP contribution in [-0.2, 0) is 10.5 Å². The van der Waals surface area contributed by atoms with Gasteiger partial charge in [0.1, 0.15) is 5.82 Å². The molecule has 1 N–H and O–H groups in total. The summed E-state index contributed by atoms with van der Waals surface area (Å²) in [6.07, 6.45) is 0. The van der Waals surface area contributed by atoms with Crippen LogP contribution in [0.3, 0.4) is 0 Å². The number of thioether (sulfide) groups is 1. The second-order valence-electron chi connectivity index (χ2n) is 6.22. The van der Waals surface area contributed by atoms with Crippen LogP contribution in [0.25, 0.3) is 0 Å². The molecular weight excluding hydrogens is 411 g/mol. The molecule has 3 rings (SSSR count). The zero-order valence-electron chi connectivity index (χ0n) is 16.1. The quantitative estimate of drug-likeness (QED) is 0.428. The standard InChI is InChI=1S/C21H19FN2O3S2/c1-12-17(22)8-14(21(26)27-3)9-18(12)24-20(25)16-6-4-5-7-19(16)29-11-15-10-28-13(2)23-15/h4-10H,11H2,1-3H3,(H,24,25). The number of benzene rings is 2.